The molecule has 4 fully saturated rings. The van der Waals surface area contributed by atoms with Crippen LogP contribution in [0.2, 0.25) is 0 Å². The van der Waals surface area contributed by atoms with Crippen molar-refractivity contribution in [2.75, 3.05) is 0 Å². The fourth-order valence-corrected chi connectivity index (χ4v) is 8.35. The lowest BCUT2D eigenvalue weighted by molar-refractivity contribution is -0.128. The van der Waals surface area contributed by atoms with Crippen LogP contribution in [0.25, 0.3) is 0 Å². The molecule has 128 valence electrons. The van der Waals surface area contributed by atoms with Crippen LogP contribution in [-0.4, -0.2) is 10.2 Å². The van der Waals surface area contributed by atoms with Gasteiger partial charge in [0.2, 0.25) is 5.91 Å². The van der Waals surface area contributed by atoms with Gasteiger partial charge in [0.25, 0.3) is 0 Å². The van der Waals surface area contributed by atoms with Crippen LogP contribution >= 0.6 is 15.9 Å². The van der Waals surface area contributed by atoms with Gasteiger partial charge >= 0.3 is 0 Å². The van der Waals surface area contributed by atoms with Crippen molar-refractivity contribution in [2.45, 2.75) is 68.2 Å². The van der Waals surface area contributed by atoms with Crippen molar-refractivity contribution in [1.82, 2.24) is 5.32 Å². The third-order valence-electron chi connectivity index (χ3n) is 7.11. The lowest BCUT2D eigenvalue weighted by Crippen LogP contribution is -2.54. The van der Waals surface area contributed by atoms with E-state index in [1.165, 1.54) is 49.7 Å². The summed E-state index contributed by atoms with van der Waals surface area (Å²) in [5.41, 5.74) is 3.03. The van der Waals surface area contributed by atoms with Crippen molar-refractivity contribution in [3.8, 4) is 0 Å². The lowest BCUT2D eigenvalue weighted by Gasteiger charge is -2.60. The van der Waals surface area contributed by atoms with Gasteiger partial charge in [-0.3, -0.25) is 4.79 Å². The van der Waals surface area contributed by atoms with E-state index in [-0.39, 0.29) is 17.4 Å². The summed E-state index contributed by atoms with van der Waals surface area (Å²) in [5.74, 6) is 1.99. The maximum absolute atomic E-state index is 12.9. The first kappa shape index (κ1) is 15.4. The second-order valence-corrected chi connectivity index (χ2v) is 10.8. The van der Waals surface area contributed by atoms with E-state index in [9.17, 15) is 4.79 Å². The zero-order valence-corrected chi connectivity index (χ0v) is 15.8. The number of benzene rings is 1. The molecule has 5 aliphatic carbocycles. The molecule has 1 amide bonds. The highest BCUT2D eigenvalue weighted by Crippen LogP contribution is 2.65. The smallest absolute Gasteiger partial charge is 0.221 e. The van der Waals surface area contributed by atoms with Crippen molar-refractivity contribution >= 4 is 21.8 Å². The largest absolute Gasteiger partial charge is 0.349 e. The Balaban J connectivity index is 1.30. The van der Waals surface area contributed by atoms with Gasteiger partial charge in [0.1, 0.15) is 0 Å². The zero-order valence-electron chi connectivity index (χ0n) is 14.2. The Morgan fingerprint density at radius 3 is 2.67 bits per heavy atom. The molecule has 5 aliphatic rings. The first-order valence-electron chi connectivity index (χ1n) is 9.59. The van der Waals surface area contributed by atoms with E-state index in [4.69, 9.17) is 0 Å². The first-order chi connectivity index (χ1) is 11.5. The molecule has 0 heterocycles. The van der Waals surface area contributed by atoms with Crippen LogP contribution in [0, 0.1) is 17.3 Å². The number of carbonyl (C=O) groups is 1. The maximum atomic E-state index is 12.9. The molecule has 6 rings (SSSR count). The summed E-state index contributed by atoms with van der Waals surface area (Å²) < 4.78 is 0.345. The summed E-state index contributed by atoms with van der Waals surface area (Å²) in [6, 6.07) is 8.83. The topological polar surface area (TPSA) is 29.1 Å². The minimum Gasteiger partial charge on any atom is -0.349 e. The van der Waals surface area contributed by atoms with Gasteiger partial charge in [-0.2, -0.15) is 0 Å². The minimum atomic E-state index is 0.237. The molecule has 1 N–H and O–H groups in total. The Bertz CT molecular complexity index is 670. The van der Waals surface area contributed by atoms with Gasteiger partial charge in [-0.25, -0.2) is 0 Å². The van der Waals surface area contributed by atoms with Crippen LogP contribution in [0.5, 0.6) is 0 Å². The SMILES string of the molecule is O=C(CC12CC3CC(CC(Br)(C3)C1)C2)NC1CCc2ccccc21. The average molecular weight is 388 g/mol. The highest BCUT2D eigenvalue weighted by molar-refractivity contribution is 9.10. The number of hydrogen-bond acceptors (Lipinski definition) is 1. The molecular formula is C21H26BrNO. The van der Waals surface area contributed by atoms with Crippen molar-refractivity contribution in [3.63, 3.8) is 0 Å². The lowest BCUT2D eigenvalue weighted by atomic mass is 9.48. The minimum absolute atomic E-state index is 0.237. The number of hydrogen-bond donors (Lipinski definition) is 1. The van der Waals surface area contributed by atoms with Gasteiger partial charge < -0.3 is 5.32 Å². The molecule has 3 heteroatoms. The summed E-state index contributed by atoms with van der Waals surface area (Å²) in [5, 5.41) is 3.37. The van der Waals surface area contributed by atoms with E-state index in [0.717, 1.165) is 31.1 Å². The zero-order chi connectivity index (χ0) is 16.4. The van der Waals surface area contributed by atoms with Gasteiger partial charge in [-0.1, -0.05) is 40.2 Å². The predicted octanol–water partition coefficient (Wildman–Crippen LogP) is 4.91. The molecule has 1 aromatic carbocycles. The average Bonchev–Trinajstić information content (AvgIpc) is 2.87. The number of amides is 1. The maximum Gasteiger partial charge on any atom is 0.221 e. The molecule has 0 radical (unpaired) electrons. The number of carbonyl (C=O) groups excluding carboxylic acids is 1. The Labute approximate surface area is 152 Å². The van der Waals surface area contributed by atoms with Crippen LogP contribution in [0.1, 0.15) is 68.5 Å². The standard InChI is InChI=1S/C21H26BrNO/c22-21-10-14-7-15(11-21)9-20(8-14,13-21)12-19(24)23-18-6-5-16-3-1-2-4-17(16)18/h1-4,14-15,18H,5-13H2,(H,23,24). The normalized spacial score (nSPS) is 42.1. The van der Waals surface area contributed by atoms with Crippen molar-refractivity contribution < 1.29 is 4.79 Å². The highest BCUT2D eigenvalue weighted by Gasteiger charge is 2.57. The third kappa shape index (κ3) is 2.55. The second-order valence-electron chi connectivity index (χ2n) is 9.15. The summed E-state index contributed by atoms with van der Waals surface area (Å²) in [7, 11) is 0. The van der Waals surface area contributed by atoms with E-state index < -0.39 is 0 Å². The van der Waals surface area contributed by atoms with E-state index in [2.05, 4.69) is 45.5 Å². The van der Waals surface area contributed by atoms with E-state index in [1.807, 2.05) is 0 Å². The Morgan fingerprint density at radius 2 is 1.92 bits per heavy atom. The summed E-state index contributed by atoms with van der Waals surface area (Å²) in [6.45, 7) is 0. The number of nitrogens with one attached hydrogen (secondary N) is 1. The number of halogens is 1. The Hall–Kier alpha value is -0.830. The number of rotatable bonds is 3. The summed E-state index contributed by atoms with van der Waals surface area (Å²) in [4.78, 5) is 12.9. The molecule has 24 heavy (non-hydrogen) atoms. The molecule has 2 nitrogen and oxygen atoms in total. The third-order valence-corrected chi connectivity index (χ3v) is 8.04. The van der Waals surface area contributed by atoms with Crippen molar-refractivity contribution in [3.05, 3.63) is 35.4 Å². The Morgan fingerprint density at radius 1 is 1.17 bits per heavy atom. The van der Waals surface area contributed by atoms with Crippen molar-refractivity contribution in [2.24, 2.45) is 17.3 Å². The molecule has 0 aliphatic heterocycles. The van der Waals surface area contributed by atoms with Crippen LogP contribution < -0.4 is 5.32 Å². The number of fused-ring (bicyclic) bond motifs is 1. The molecule has 1 aromatic rings. The van der Waals surface area contributed by atoms with Gasteiger partial charge in [-0.15, -0.1) is 0 Å². The van der Waals surface area contributed by atoms with Gasteiger partial charge in [-0.05, 0) is 79.7 Å². The van der Waals surface area contributed by atoms with Crippen LogP contribution in [-0.2, 0) is 11.2 Å². The molecule has 3 unspecified atom stereocenters. The molecule has 3 atom stereocenters. The molecule has 0 saturated heterocycles. The number of aryl methyl sites for hydroxylation is 1. The second kappa shape index (κ2) is 5.33. The van der Waals surface area contributed by atoms with Crippen LogP contribution in [0.15, 0.2) is 24.3 Å². The summed E-state index contributed by atoms with van der Waals surface area (Å²) in [6.07, 6.45) is 10.8. The van der Waals surface area contributed by atoms with E-state index >= 15 is 0 Å². The fourth-order valence-electron chi connectivity index (χ4n) is 6.84. The van der Waals surface area contributed by atoms with E-state index in [0.29, 0.717) is 4.32 Å². The quantitative estimate of drug-likeness (QED) is 0.733. The molecule has 4 saturated carbocycles. The van der Waals surface area contributed by atoms with E-state index in [1.54, 1.807) is 0 Å². The molecule has 0 aromatic heterocycles. The van der Waals surface area contributed by atoms with Crippen LogP contribution in [0.3, 0.4) is 0 Å². The fraction of sp³-hybridized carbons (Fsp3) is 0.667. The summed E-state index contributed by atoms with van der Waals surface area (Å²) >= 11 is 4.06. The Kier molecular flexibility index (Phi) is 3.43. The van der Waals surface area contributed by atoms with Gasteiger partial charge in [0, 0.05) is 10.7 Å². The van der Waals surface area contributed by atoms with Gasteiger partial charge in [0.05, 0.1) is 6.04 Å². The highest BCUT2D eigenvalue weighted by atomic mass is 79.9. The van der Waals surface area contributed by atoms with Crippen LogP contribution in [0.4, 0.5) is 0 Å². The monoisotopic (exact) mass is 387 g/mol. The molecule has 0 spiro atoms. The van der Waals surface area contributed by atoms with Crippen molar-refractivity contribution in [1.29, 1.82) is 0 Å². The molecular weight excluding hydrogens is 362 g/mol. The first-order valence-corrected chi connectivity index (χ1v) is 10.4. The van der Waals surface area contributed by atoms with Gasteiger partial charge in [0.15, 0.2) is 0 Å². The molecule has 4 bridgehead atoms. The predicted molar refractivity (Wildman–Crippen MR) is 99.0 cm³/mol. The number of alkyl halides is 1.